The Balaban J connectivity index is 1.62. The lowest BCUT2D eigenvalue weighted by atomic mass is 9.87. The zero-order valence-corrected chi connectivity index (χ0v) is 16.8. The first-order valence-electron chi connectivity index (χ1n) is 9.60. The van der Waals surface area contributed by atoms with E-state index in [4.69, 9.17) is 0 Å². The summed E-state index contributed by atoms with van der Waals surface area (Å²) in [7, 11) is 0. The average Bonchev–Trinajstić information content (AvgIpc) is 2.97. The van der Waals surface area contributed by atoms with E-state index in [1.54, 1.807) is 24.7 Å². The molecule has 1 aliphatic heterocycles. The predicted octanol–water partition coefficient (Wildman–Crippen LogP) is 4.04. The van der Waals surface area contributed by atoms with Crippen molar-refractivity contribution in [2.45, 2.75) is 39.0 Å². The van der Waals surface area contributed by atoms with Gasteiger partial charge in [0.25, 0.3) is 5.91 Å². The van der Waals surface area contributed by atoms with E-state index in [-0.39, 0.29) is 11.3 Å². The van der Waals surface area contributed by atoms with Crippen molar-refractivity contribution in [3.63, 3.8) is 0 Å². The summed E-state index contributed by atoms with van der Waals surface area (Å²) in [4.78, 5) is 23.0. The molecule has 3 aromatic rings. The highest BCUT2D eigenvalue weighted by Gasteiger charge is 2.39. The molecule has 0 aliphatic carbocycles. The third-order valence-corrected chi connectivity index (χ3v) is 5.16. The molecule has 6 heteroatoms. The standard InChI is InChI=1S/C23H24N4O2/c1-23(2,3)16-4-6-17(7-5-16)27-21(28)18-10-13-25-20(19(18)22(27)29)26-14-15-8-11-24-12-9-15/h4-13,21,28H,14H2,1-3H3,(H,25,26). The van der Waals surface area contributed by atoms with Crippen LogP contribution in [-0.4, -0.2) is 21.0 Å². The molecule has 0 bridgehead atoms. The molecule has 1 aliphatic rings. The van der Waals surface area contributed by atoms with E-state index in [2.05, 4.69) is 36.1 Å². The summed E-state index contributed by atoms with van der Waals surface area (Å²) in [5.41, 5.74) is 3.84. The number of aliphatic hydroxyl groups is 1. The third-order valence-electron chi connectivity index (χ3n) is 5.16. The van der Waals surface area contributed by atoms with Crippen LogP contribution < -0.4 is 10.2 Å². The molecular formula is C23H24N4O2. The number of nitrogens with one attached hydrogen (secondary N) is 1. The second-order valence-electron chi connectivity index (χ2n) is 8.18. The van der Waals surface area contributed by atoms with Gasteiger partial charge in [-0.1, -0.05) is 32.9 Å². The Labute approximate surface area is 170 Å². The predicted molar refractivity (Wildman–Crippen MR) is 113 cm³/mol. The maximum absolute atomic E-state index is 13.2. The SMILES string of the molecule is CC(C)(C)c1ccc(N2C(=O)c3c(ccnc3NCc3ccncc3)C2O)cc1. The van der Waals surface area contributed by atoms with E-state index < -0.39 is 6.23 Å². The minimum absolute atomic E-state index is 0.0170. The Morgan fingerprint density at radius 1 is 1.03 bits per heavy atom. The van der Waals surface area contributed by atoms with Gasteiger partial charge in [0.15, 0.2) is 6.23 Å². The quantitative estimate of drug-likeness (QED) is 0.705. The number of hydrogen-bond acceptors (Lipinski definition) is 5. The summed E-state index contributed by atoms with van der Waals surface area (Å²) in [6.45, 7) is 6.93. The van der Waals surface area contributed by atoms with Gasteiger partial charge in [-0.25, -0.2) is 4.98 Å². The molecule has 148 valence electrons. The Morgan fingerprint density at radius 3 is 2.38 bits per heavy atom. The number of nitrogens with zero attached hydrogens (tertiary/aromatic N) is 3. The molecule has 0 radical (unpaired) electrons. The fourth-order valence-electron chi connectivity index (χ4n) is 3.49. The summed E-state index contributed by atoms with van der Waals surface area (Å²) >= 11 is 0. The first-order valence-corrected chi connectivity index (χ1v) is 9.60. The molecule has 0 saturated heterocycles. The average molecular weight is 388 g/mol. The summed E-state index contributed by atoms with van der Waals surface area (Å²) < 4.78 is 0. The molecule has 0 saturated carbocycles. The molecular weight excluding hydrogens is 364 g/mol. The smallest absolute Gasteiger partial charge is 0.264 e. The van der Waals surface area contributed by atoms with Crippen LogP contribution in [0.25, 0.3) is 0 Å². The summed E-state index contributed by atoms with van der Waals surface area (Å²) in [6, 6.07) is 13.2. The highest BCUT2D eigenvalue weighted by molar-refractivity contribution is 6.13. The number of rotatable bonds is 4. The number of carbonyl (C=O) groups is 1. The molecule has 2 aromatic heterocycles. The minimum atomic E-state index is -1.04. The number of hydrogen-bond donors (Lipinski definition) is 2. The molecule has 6 nitrogen and oxygen atoms in total. The van der Waals surface area contributed by atoms with Crippen LogP contribution in [0.15, 0.2) is 61.1 Å². The minimum Gasteiger partial charge on any atom is -0.369 e. The molecule has 1 amide bonds. The second kappa shape index (κ2) is 7.29. The monoisotopic (exact) mass is 388 g/mol. The van der Waals surface area contributed by atoms with Gasteiger partial charge in [0.2, 0.25) is 0 Å². The number of pyridine rings is 2. The number of amides is 1. The number of anilines is 2. The van der Waals surface area contributed by atoms with Crippen molar-refractivity contribution in [2.75, 3.05) is 10.2 Å². The molecule has 29 heavy (non-hydrogen) atoms. The van der Waals surface area contributed by atoms with Crippen LogP contribution in [0.1, 0.15) is 54.0 Å². The van der Waals surface area contributed by atoms with Gasteiger partial charge in [-0.2, -0.15) is 0 Å². The maximum Gasteiger partial charge on any atom is 0.264 e. The highest BCUT2D eigenvalue weighted by Crippen LogP contribution is 2.39. The molecule has 1 unspecified atom stereocenters. The maximum atomic E-state index is 13.2. The van der Waals surface area contributed by atoms with E-state index in [0.717, 1.165) is 5.56 Å². The van der Waals surface area contributed by atoms with E-state index in [9.17, 15) is 9.90 Å². The van der Waals surface area contributed by atoms with Crippen LogP contribution in [0, 0.1) is 0 Å². The molecule has 3 heterocycles. The lowest BCUT2D eigenvalue weighted by Crippen LogP contribution is -2.27. The lowest BCUT2D eigenvalue weighted by molar-refractivity contribution is 0.0935. The summed E-state index contributed by atoms with van der Waals surface area (Å²) in [5, 5.41) is 14.1. The van der Waals surface area contributed by atoms with Crippen molar-refractivity contribution in [3.05, 3.63) is 83.3 Å². The van der Waals surface area contributed by atoms with Gasteiger partial charge < -0.3 is 10.4 Å². The molecule has 0 fully saturated rings. The highest BCUT2D eigenvalue weighted by atomic mass is 16.3. The zero-order chi connectivity index (χ0) is 20.6. The molecule has 0 spiro atoms. The van der Waals surface area contributed by atoms with Gasteiger partial charge >= 0.3 is 0 Å². The van der Waals surface area contributed by atoms with Crippen LogP contribution in [0.3, 0.4) is 0 Å². The van der Waals surface area contributed by atoms with Gasteiger partial charge in [-0.15, -0.1) is 0 Å². The molecule has 1 aromatic carbocycles. The first-order chi connectivity index (χ1) is 13.9. The fourth-order valence-corrected chi connectivity index (χ4v) is 3.49. The van der Waals surface area contributed by atoms with Crippen molar-refractivity contribution in [1.82, 2.24) is 9.97 Å². The Kier molecular flexibility index (Phi) is 4.80. The van der Waals surface area contributed by atoms with Crippen LogP contribution in [0.2, 0.25) is 0 Å². The van der Waals surface area contributed by atoms with Gasteiger partial charge in [0, 0.05) is 36.4 Å². The van der Waals surface area contributed by atoms with Gasteiger partial charge in [-0.3, -0.25) is 14.7 Å². The fraction of sp³-hybridized carbons (Fsp3) is 0.261. The van der Waals surface area contributed by atoms with E-state index in [0.29, 0.717) is 29.2 Å². The van der Waals surface area contributed by atoms with Gasteiger partial charge in [0.05, 0.1) is 5.56 Å². The van der Waals surface area contributed by atoms with Crippen LogP contribution in [0.4, 0.5) is 11.5 Å². The number of benzene rings is 1. The van der Waals surface area contributed by atoms with Crippen molar-refractivity contribution in [3.8, 4) is 0 Å². The summed E-state index contributed by atoms with van der Waals surface area (Å²) in [6.07, 6.45) is 4.01. The van der Waals surface area contributed by atoms with Crippen LogP contribution in [0.5, 0.6) is 0 Å². The van der Waals surface area contributed by atoms with E-state index >= 15 is 0 Å². The first kappa shape index (κ1) is 19.1. The zero-order valence-electron chi connectivity index (χ0n) is 16.8. The van der Waals surface area contributed by atoms with Crippen LogP contribution in [-0.2, 0) is 12.0 Å². The summed E-state index contributed by atoms with van der Waals surface area (Å²) in [5.74, 6) is 0.207. The third kappa shape index (κ3) is 3.59. The molecule has 1 atom stereocenters. The topological polar surface area (TPSA) is 78.4 Å². The van der Waals surface area contributed by atoms with Crippen molar-refractivity contribution < 1.29 is 9.90 Å². The van der Waals surface area contributed by atoms with Gasteiger partial charge in [0.1, 0.15) is 5.82 Å². The second-order valence-corrected chi connectivity index (χ2v) is 8.18. The number of aliphatic hydroxyl groups excluding tert-OH is 1. The lowest BCUT2D eigenvalue weighted by Gasteiger charge is -2.23. The largest absolute Gasteiger partial charge is 0.369 e. The number of aromatic nitrogens is 2. The van der Waals surface area contributed by atoms with Gasteiger partial charge in [-0.05, 0) is 46.9 Å². The van der Waals surface area contributed by atoms with Crippen molar-refractivity contribution >= 4 is 17.4 Å². The normalized spacial score (nSPS) is 16.1. The van der Waals surface area contributed by atoms with E-state index in [1.165, 1.54) is 10.5 Å². The number of fused-ring (bicyclic) bond motifs is 1. The van der Waals surface area contributed by atoms with Crippen molar-refractivity contribution in [2.24, 2.45) is 0 Å². The Bertz CT molecular complexity index is 1030. The Hall–Kier alpha value is -3.25. The van der Waals surface area contributed by atoms with Crippen LogP contribution >= 0.6 is 0 Å². The Morgan fingerprint density at radius 2 is 1.72 bits per heavy atom. The number of carbonyl (C=O) groups excluding carboxylic acids is 1. The van der Waals surface area contributed by atoms with Crippen molar-refractivity contribution in [1.29, 1.82) is 0 Å². The molecule has 4 rings (SSSR count). The molecule has 2 N–H and O–H groups in total. The van der Waals surface area contributed by atoms with E-state index in [1.807, 2.05) is 36.4 Å².